The minimum Gasteiger partial charge on any atom is -0.493 e. The molecule has 0 bridgehead atoms. The zero-order valence-electron chi connectivity index (χ0n) is 10.6. The first-order valence-electron chi connectivity index (χ1n) is 6.07. The molecule has 0 aliphatic heterocycles. The summed E-state index contributed by atoms with van der Waals surface area (Å²) in [6, 6.07) is 14.5. The van der Waals surface area contributed by atoms with Gasteiger partial charge in [0.2, 0.25) is 5.91 Å². The van der Waals surface area contributed by atoms with E-state index in [0.29, 0.717) is 23.8 Å². The molecule has 0 heterocycles. The van der Waals surface area contributed by atoms with Crippen LogP contribution in [0.3, 0.4) is 0 Å². The molecule has 0 spiro atoms. The van der Waals surface area contributed by atoms with Gasteiger partial charge in [0.25, 0.3) is 0 Å². The number of hydrogen-bond donors (Lipinski definition) is 1. The summed E-state index contributed by atoms with van der Waals surface area (Å²) in [6.45, 7) is 0.323. The minimum atomic E-state index is -0.0821. The van der Waals surface area contributed by atoms with Crippen LogP contribution in [0, 0.1) is 0 Å². The molecule has 0 saturated carbocycles. The van der Waals surface area contributed by atoms with Crippen LogP contribution < -0.4 is 10.1 Å². The van der Waals surface area contributed by atoms with Crippen molar-refractivity contribution in [3.63, 3.8) is 0 Å². The maximum absolute atomic E-state index is 11.7. The number of anilines is 1. The zero-order valence-corrected chi connectivity index (χ0v) is 12.9. The molecule has 1 N–H and O–H groups in total. The molecule has 5 heteroatoms. The summed E-state index contributed by atoms with van der Waals surface area (Å²) in [6.07, 6.45) is 0.290. The van der Waals surface area contributed by atoms with Crippen LogP contribution in [0.15, 0.2) is 53.0 Å². The van der Waals surface area contributed by atoms with Gasteiger partial charge in [-0.1, -0.05) is 27.5 Å². The van der Waals surface area contributed by atoms with Gasteiger partial charge in [-0.2, -0.15) is 0 Å². The quantitative estimate of drug-likeness (QED) is 0.858. The summed E-state index contributed by atoms with van der Waals surface area (Å²) in [5.74, 6) is 0.618. The normalized spacial score (nSPS) is 10.1. The van der Waals surface area contributed by atoms with Crippen molar-refractivity contribution in [1.29, 1.82) is 0 Å². The number of amides is 1. The van der Waals surface area contributed by atoms with Gasteiger partial charge in [0.1, 0.15) is 5.75 Å². The maximum atomic E-state index is 11.7. The number of benzene rings is 2. The summed E-state index contributed by atoms with van der Waals surface area (Å²) in [4.78, 5) is 11.7. The molecule has 1 amide bonds. The Labute approximate surface area is 131 Å². The van der Waals surface area contributed by atoms with Gasteiger partial charge in [-0.25, -0.2) is 0 Å². The monoisotopic (exact) mass is 353 g/mol. The molecule has 0 atom stereocenters. The molecule has 0 unspecified atom stereocenters. The molecule has 0 aliphatic rings. The number of rotatable bonds is 5. The van der Waals surface area contributed by atoms with Crippen molar-refractivity contribution in [3.8, 4) is 5.75 Å². The van der Waals surface area contributed by atoms with Gasteiger partial charge in [0.15, 0.2) is 0 Å². The van der Waals surface area contributed by atoms with Crippen molar-refractivity contribution in [2.75, 3.05) is 11.9 Å². The van der Waals surface area contributed by atoms with Crippen LogP contribution in [0.25, 0.3) is 0 Å². The summed E-state index contributed by atoms with van der Waals surface area (Å²) in [5.41, 5.74) is 0.768. The van der Waals surface area contributed by atoms with E-state index >= 15 is 0 Å². The Morgan fingerprint density at radius 3 is 2.40 bits per heavy atom. The fraction of sp³-hybridized carbons (Fsp3) is 0.133. The van der Waals surface area contributed by atoms with Gasteiger partial charge in [0.05, 0.1) is 13.0 Å². The summed E-state index contributed by atoms with van der Waals surface area (Å²) in [5, 5.41) is 3.46. The van der Waals surface area contributed by atoms with Crippen molar-refractivity contribution >= 4 is 39.1 Å². The van der Waals surface area contributed by atoms with Crippen LogP contribution in [0.4, 0.5) is 5.69 Å². The fourth-order valence-electron chi connectivity index (χ4n) is 1.55. The highest BCUT2D eigenvalue weighted by molar-refractivity contribution is 9.10. The van der Waals surface area contributed by atoms with Gasteiger partial charge >= 0.3 is 0 Å². The van der Waals surface area contributed by atoms with Crippen LogP contribution in [-0.4, -0.2) is 12.5 Å². The largest absolute Gasteiger partial charge is 0.493 e. The third-order valence-corrected chi connectivity index (χ3v) is 3.32. The Bertz CT molecular complexity index is 569. The van der Waals surface area contributed by atoms with Gasteiger partial charge < -0.3 is 10.1 Å². The van der Waals surface area contributed by atoms with Gasteiger partial charge in [-0.3, -0.25) is 4.79 Å². The Morgan fingerprint density at radius 2 is 1.75 bits per heavy atom. The summed E-state index contributed by atoms with van der Waals surface area (Å²) >= 11 is 9.12. The SMILES string of the molecule is O=C(CCOc1ccc(Cl)cc1)Nc1ccc(Br)cc1. The molecule has 0 fully saturated rings. The molecular weight excluding hydrogens is 342 g/mol. The second-order valence-corrected chi connectivity index (χ2v) is 5.46. The Morgan fingerprint density at radius 1 is 1.10 bits per heavy atom. The average Bonchev–Trinajstić information content (AvgIpc) is 2.44. The lowest BCUT2D eigenvalue weighted by Crippen LogP contribution is -2.15. The highest BCUT2D eigenvalue weighted by Crippen LogP contribution is 2.16. The molecule has 0 saturated heterocycles. The number of nitrogens with one attached hydrogen (secondary N) is 1. The van der Waals surface area contributed by atoms with E-state index in [1.165, 1.54) is 0 Å². The Kier molecular flexibility index (Phi) is 5.44. The third kappa shape index (κ3) is 4.87. The lowest BCUT2D eigenvalue weighted by atomic mass is 10.3. The van der Waals surface area contributed by atoms with Crippen LogP contribution in [0.1, 0.15) is 6.42 Å². The van der Waals surface area contributed by atoms with E-state index in [4.69, 9.17) is 16.3 Å². The molecule has 20 heavy (non-hydrogen) atoms. The third-order valence-electron chi connectivity index (χ3n) is 2.54. The molecule has 2 aromatic rings. The molecule has 2 rings (SSSR count). The minimum absolute atomic E-state index is 0.0821. The number of ether oxygens (including phenoxy) is 1. The van der Waals surface area contributed by atoms with Gasteiger partial charge in [-0.15, -0.1) is 0 Å². The van der Waals surface area contributed by atoms with E-state index in [-0.39, 0.29) is 5.91 Å². The van der Waals surface area contributed by atoms with Crippen molar-refractivity contribution in [1.82, 2.24) is 0 Å². The summed E-state index contributed by atoms with van der Waals surface area (Å²) < 4.78 is 6.44. The van der Waals surface area contributed by atoms with Gasteiger partial charge in [-0.05, 0) is 48.5 Å². The van der Waals surface area contributed by atoms with Crippen LogP contribution >= 0.6 is 27.5 Å². The van der Waals surface area contributed by atoms with Crippen molar-refractivity contribution < 1.29 is 9.53 Å². The van der Waals surface area contributed by atoms with Crippen molar-refractivity contribution in [2.45, 2.75) is 6.42 Å². The van der Waals surface area contributed by atoms with E-state index in [2.05, 4.69) is 21.2 Å². The standard InChI is InChI=1S/C15H13BrClNO2/c16-11-1-5-13(6-2-11)18-15(19)9-10-20-14-7-3-12(17)4-8-14/h1-8H,9-10H2,(H,18,19). The number of carbonyl (C=O) groups excluding carboxylic acids is 1. The van der Waals surface area contributed by atoms with Crippen molar-refractivity contribution in [3.05, 3.63) is 58.0 Å². The van der Waals surface area contributed by atoms with E-state index in [0.717, 1.165) is 10.2 Å². The van der Waals surface area contributed by atoms with E-state index in [1.54, 1.807) is 24.3 Å². The lowest BCUT2D eigenvalue weighted by molar-refractivity contribution is -0.116. The van der Waals surface area contributed by atoms with E-state index in [1.807, 2.05) is 24.3 Å². The predicted octanol–water partition coefficient (Wildman–Crippen LogP) is 4.51. The molecular formula is C15H13BrClNO2. The number of halogens is 2. The van der Waals surface area contributed by atoms with E-state index in [9.17, 15) is 4.79 Å². The second-order valence-electron chi connectivity index (χ2n) is 4.11. The topological polar surface area (TPSA) is 38.3 Å². The molecule has 0 aromatic heterocycles. The first kappa shape index (κ1) is 14.9. The first-order valence-corrected chi connectivity index (χ1v) is 7.24. The summed E-state index contributed by atoms with van der Waals surface area (Å²) in [7, 11) is 0. The van der Waals surface area contributed by atoms with Crippen LogP contribution in [-0.2, 0) is 4.79 Å². The number of carbonyl (C=O) groups is 1. The molecule has 0 radical (unpaired) electrons. The highest BCUT2D eigenvalue weighted by atomic mass is 79.9. The second kappa shape index (κ2) is 7.31. The lowest BCUT2D eigenvalue weighted by Gasteiger charge is -2.07. The zero-order chi connectivity index (χ0) is 14.4. The average molecular weight is 355 g/mol. The Balaban J connectivity index is 1.75. The smallest absolute Gasteiger partial charge is 0.227 e. The fourth-order valence-corrected chi connectivity index (χ4v) is 1.94. The van der Waals surface area contributed by atoms with Gasteiger partial charge in [0, 0.05) is 15.2 Å². The molecule has 104 valence electrons. The molecule has 3 nitrogen and oxygen atoms in total. The van der Waals surface area contributed by atoms with E-state index < -0.39 is 0 Å². The predicted molar refractivity (Wildman–Crippen MR) is 84.3 cm³/mol. The van der Waals surface area contributed by atoms with Crippen LogP contribution in [0.5, 0.6) is 5.75 Å². The van der Waals surface area contributed by atoms with Crippen LogP contribution in [0.2, 0.25) is 5.02 Å². The van der Waals surface area contributed by atoms with Crippen molar-refractivity contribution in [2.24, 2.45) is 0 Å². The number of hydrogen-bond acceptors (Lipinski definition) is 2. The first-order chi connectivity index (χ1) is 9.63. The Hall–Kier alpha value is -1.52. The molecule has 0 aliphatic carbocycles. The maximum Gasteiger partial charge on any atom is 0.227 e. The highest BCUT2D eigenvalue weighted by Gasteiger charge is 2.03. The molecule has 2 aromatic carbocycles.